The molecule has 1 aromatic carbocycles. The van der Waals surface area contributed by atoms with Crippen molar-refractivity contribution in [3.63, 3.8) is 0 Å². The third kappa shape index (κ3) is 4.75. The molecule has 1 N–H and O–H groups in total. The van der Waals surface area contributed by atoms with Crippen molar-refractivity contribution in [2.75, 3.05) is 6.61 Å². The Labute approximate surface area is 105 Å². The quantitative estimate of drug-likeness (QED) is 0.893. The van der Waals surface area contributed by atoms with Gasteiger partial charge in [0.05, 0.1) is 6.07 Å². The van der Waals surface area contributed by atoms with Gasteiger partial charge in [0.25, 0.3) is 5.91 Å². The molecule has 0 radical (unpaired) electrons. The van der Waals surface area contributed by atoms with Crippen LogP contribution in [0.4, 0.5) is 0 Å². The number of nitrogens with one attached hydrogen (secondary N) is 1. The fourth-order valence-corrected chi connectivity index (χ4v) is 1.30. The van der Waals surface area contributed by atoms with Gasteiger partial charge in [0, 0.05) is 5.02 Å². The molecule has 1 aromatic rings. The van der Waals surface area contributed by atoms with Crippen LogP contribution >= 0.6 is 11.6 Å². The number of hydrogen-bond acceptors (Lipinski definition) is 3. The number of carbonyl (C=O) groups excluding carboxylic acids is 1. The Balaban J connectivity index is 2.47. The minimum atomic E-state index is -0.894. The fraction of sp³-hybridized carbons (Fsp3) is 0.333. The minimum Gasteiger partial charge on any atom is -0.484 e. The van der Waals surface area contributed by atoms with Crippen LogP contribution in [0.15, 0.2) is 24.3 Å². The lowest BCUT2D eigenvalue weighted by Crippen LogP contribution is -2.44. The van der Waals surface area contributed by atoms with Gasteiger partial charge in [-0.1, -0.05) is 17.7 Å². The molecule has 0 bridgehead atoms. The van der Waals surface area contributed by atoms with Gasteiger partial charge in [0.2, 0.25) is 0 Å². The Bertz CT molecular complexity index is 452. The normalized spacial score (nSPS) is 10.5. The van der Waals surface area contributed by atoms with Crippen LogP contribution in [0.3, 0.4) is 0 Å². The van der Waals surface area contributed by atoms with E-state index < -0.39 is 5.54 Å². The van der Waals surface area contributed by atoms with Crippen LogP contribution in [0.5, 0.6) is 5.75 Å². The molecule has 17 heavy (non-hydrogen) atoms. The lowest BCUT2D eigenvalue weighted by molar-refractivity contribution is -0.124. The maximum Gasteiger partial charge on any atom is 0.259 e. The number of halogens is 1. The molecule has 0 aliphatic rings. The van der Waals surface area contributed by atoms with Crippen molar-refractivity contribution in [2.45, 2.75) is 19.4 Å². The van der Waals surface area contributed by atoms with E-state index in [0.717, 1.165) is 0 Å². The summed E-state index contributed by atoms with van der Waals surface area (Å²) in [6.45, 7) is 3.08. The Hall–Kier alpha value is -1.73. The fourth-order valence-electron chi connectivity index (χ4n) is 1.12. The van der Waals surface area contributed by atoms with Crippen LogP contribution in [-0.4, -0.2) is 18.1 Å². The molecule has 0 saturated heterocycles. The Morgan fingerprint density at radius 1 is 1.59 bits per heavy atom. The van der Waals surface area contributed by atoms with Gasteiger partial charge in [-0.25, -0.2) is 0 Å². The number of nitrogens with zero attached hydrogens (tertiary/aromatic N) is 1. The Morgan fingerprint density at radius 2 is 2.29 bits per heavy atom. The van der Waals surface area contributed by atoms with Crippen LogP contribution in [0.25, 0.3) is 0 Å². The molecule has 0 aliphatic carbocycles. The summed E-state index contributed by atoms with van der Waals surface area (Å²) in [6.07, 6.45) is 0. The van der Waals surface area contributed by atoms with E-state index in [1.807, 2.05) is 6.07 Å². The molecule has 0 atom stereocenters. The summed E-state index contributed by atoms with van der Waals surface area (Å²) in [4.78, 5) is 11.5. The molecule has 1 rings (SSSR count). The van der Waals surface area contributed by atoms with Crippen molar-refractivity contribution in [3.05, 3.63) is 29.3 Å². The predicted molar refractivity (Wildman–Crippen MR) is 64.8 cm³/mol. The van der Waals surface area contributed by atoms with E-state index in [4.69, 9.17) is 21.6 Å². The van der Waals surface area contributed by atoms with Gasteiger partial charge in [-0.15, -0.1) is 0 Å². The summed E-state index contributed by atoms with van der Waals surface area (Å²) >= 11 is 5.77. The number of amides is 1. The first-order valence-corrected chi connectivity index (χ1v) is 5.41. The third-order valence-electron chi connectivity index (χ3n) is 1.90. The summed E-state index contributed by atoms with van der Waals surface area (Å²) in [7, 11) is 0. The molecule has 0 unspecified atom stereocenters. The van der Waals surface area contributed by atoms with E-state index in [-0.39, 0.29) is 12.5 Å². The number of rotatable bonds is 4. The molecule has 0 heterocycles. The van der Waals surface area contributed by atoms with Crippen LogP contribution in [0, 0.1) is 11.3 Å². The Kier molecular flexibility index (Phi) is 4.36. The van der Waals surface area contributed by atoms with Gasteiger partial charge in [-0.3, -0.25) is 4.79 Å². The molecule has 0 aromatic heterocycles. The van der Waals surface area contributed by atoms with Crippen LogP contribution in [0.2, 0.25) is 5.02 Å². The molecule has 0 saturated carbocycles. The minimum absolute atomic E-state index is 0.147. The van der Waals surface area contributed by atoms with E-state index in [1.54, 1.807) is 38.1 Å². The lowest BCUT2D eigenvalue weighted by Gasteiger charge is -2.17. The maximum atomic E-state index is 11.5. The van der Waals surface area contributed by atoms with Crippen molar-refractivity contribution in [2.24, 2.45) is 0 Å². The Morgan fingerprint density at radius 3 is 2.88 bits per heavy atom. The smallest absolute Gasteiger partial charge is 0.259 e. The zero-order valence-corrected chi connectivity index (χ0v) is 10.4. The summed E-state index contributed by atoms with van der Waals surface area (Å²) in [5, 5.41) is 11.8. The van der Waals surface area contributed by atoms with Crippen LogP contribution < -0.4 is 10.1 Å². The molecule has 1 amide bonds. The standard InChI is InChI=1S/C12H13ClN2O2/c1-12(2,8-14)15-11(16)7-17-10-5-3-4-9(13)6-10/h3-6H,7H2,1-2H3,(H,15,16). The summed E-state index contributed by atoms with van der Waals surface area (Å²) < 4.78 is 5.23. The first kappa shape index (κ1) is 13.3. The SMILES string of the molecule is CC(C)(C#N)NC(=O)COc1cccc(Cl)c1. The summed E-state index contributed by atoms with van der Waals surface area (Å²) in [5.74, 6) is 0.166. The van der Waals surface area contributed by atoms with E-state index in [9.17, 15) is 4.79 Å². The highest BCUT2D eigenvalue weighted by molar-refractivity contribution is 6.30. The van der Waals surface area contributed by atoms with E-state index in [0.29, 0.717) is 10.8 Å². The molecule has 4 nitrogen and oxygen atoms in total. The molecular weight excluding hydrogens is 240 g/mol. The molecule has 0 aliphatic heterocycles. The molecular formula is C12H13ClN2O2. The van der Waals surface area contributed by atoms with Crippen molar-refractivity contribution in [1.82, 2.24) is 5.32 Å². The monoisotopic (exact) mass is 252 g/mol. The second kappa shape index (κ2) is 5.55. The largest absolute Gasteiger partial charge is 0.484 e. The van der Waals surface area contributed by atoms with Crippen LogP contribution in [0.1, 0.15) is 13.8 Å². The van der Waals surface area contributed by atoms with Gasteiger partial charge in [-0.2, -0.15) is 5.26 Å². The highest BCUT2D eigenvalue weighted by Crippen LogP contribution is 2.16. The second-order valence-electron chi connectivity index (χ2n) is 4.03. The zero-order valence-electron chi connectivity index (χ0n) is 9.66. The van der Waals surface area contributed by atoms with Gasteiger partial charge in [0.15, 0.2) is 6.61 Å². The number of nitriles is 1. The average Bonchev–Trinajstić information content (AvgIpc) is 2.26. The molecule has 5 heteroatoms. The highest BCUT2D eigenvalue weighted by Gasteiger charge is 2.19. The van der Waals surface area contributed by atoms with E-state index >= 15 is 0 Å². The van der Waals surface area contributed by atoms with Gasteiger partial charge in [0.1, 0.15) is 11.3 Å². The first-order valence-electron chi connectivity index (χ1n) is 5.03. The van der Waals surface area contributed by atoms with Crippen molar-refractivity contribution in [1.29, 1.82) is 5.26 Å². The predicted octanol–water partition coefficient (Wildman–Crippen LogP) is 2.14. The topological polar surface area (TPSA) is 62.1 Å². The average molecular weight is 253 g/mol. The third-order valence-corrected chi connectivity index (χ3v) is 2.13. The van der Waals surface area contributed by atoms with E-state index in [1.165, 1.54) is 0 Å². The van der Waals surface area contributed by atoms with E-state index in [2.05, 4.69) is 5.32 Å². The zero-order chi connectivity index (χ0) is 12.9. The summed E-state index contributed by atoms with van der Waals surface area (Å²) in [6, 6.07) is 8.74. The second-order valence-corrected chi connectivity index (χ2v) is 4.47. The molecule has 0 fully saturated rings. The number of benzene rings is 1. The lowest BCUT2D eigenvalue weighted by atomic mass is 10.1. The molecule has 90 valence electrons. The van der Waals surface area contributed by atoms with Gasteiger partial charge in [-0.05, 0) is 32.0 Å². The number of hydrogen-bond donors (Lipinski definition) is 1. The van der Waals surface area contributed by atoms with Crippen molar-refractivity contribution in [3.8, 4) is 11.8 Å². The summed E-state index contributed by atoms with van der Waals surface area (Å²) in [5.41, 5.74) is -0.894. The van der Waals surface area contributed by atoms with Crippen molar-refractivity contribution >= 4 is 17.5 Å². The van der Waals surface area contributed by atoms with Gasteiger partial charge >= 0.3 is 0 Å². The van der Waals surface area contributed by atoms with Crippen LogP contribution in [-0.2, 0) is 4.79 Å². The number of carbonyl (C=O) groups is 1. The first-order chi connectivity index (χ1) is 7.93. The maximum absolute atomic E-state index is 11.5. The number of ether oxygens (including phenoxy) is 1. The highest BCUT2D eigenvalue weighted by atomic mass is 35.5. The molecule has 0 spiro atoms. The van der Waals surface area contributed by atoms with Crippen molar-refractivity contribution < 1.29 is 9.53 Å². The van der Waals surface area contributed by atoms with Gasteiger partial charge < -0.3 is 10.1 Å².